The molecule has 0 atom stereocenters. The van der Waals surface area contributed by atoms with Crippen LogP contribution >= 0.6 is 0 Å². The van der Waals surface area contributed by atoms with Crippen LogP contribution in [0.5, 0.6) is 5.75 Å². The average molecular weight is 337 g/mol. The molecule has 1 N–H and O–H groups in total. The van der Waals surface area contributed by atoms with Crippen molar-refractivity contribution in [3.05, 3.63) is 60.0 Å². The van der Waals surface area contributed by atoms with Gasteiger partial charge in [0.25, 0.3) is 0 Å². The van der Waals surface area contributed by atoms with Gasteiger partial charge in [-0.2, -0.15) is 0 Å². The Labute approximate surface area is 145 Å². The maximum Gasteiger partial charge on any atom is 0.247 e. The lowest BCUT2D eigenvalue weighted by atomic mass is 10.2. The molecule has 128 valence electrons. The van der Waals surface area contributed by atoms with Crippen molar-refractivity contribution >= 4 is 11.6 Å². The lowest BCUT2D eigenvalue weighted by Crippen LogP contribution is -2.12. The smallest absolute Gasteiger partial charge is 0.247 e. The summed E-state index contributed by atoms with van der Waals surface area (Å²) in [6, 6.07) is 15.1. The van der Waals surface area contributed by atoms with Crippen LogP contribution in [0.2, 0.25) is 0 Å². The van der Waals surface area contributed by atoms with Gasteiger partial charge in [0.05, 0.1) is 7.11 Å². The van der Waals surface area contributed by atoms with Crippen molar-refractivity contribution in [1.82, 2.24) is 10.2 Å². The third kappa shape index (κ3) is 4.44. The first-order valence-electron chi connectivity index (χ1n) is 7.97. The van der Waals surface area contributed by atoms with Gasteiger partial charge in [-0.05, 0) is 42.8 Å². The largest absolute Gasteiger partial charge is 0.497 e. The van der Waals surface area contributed by atoms with E-state index in [1.165, 1.54) is 0 Å². The Morgan fingerprint density at radius 3 is 2.80 bits per heavy atom. The van der Waals surface area contributed by atoms with Crippen molar-refractivity contribution in [3.63, 3.8) is 0 Å². The second kappa shape index (κ2) is 7.61. The summed E-state index contributed by atoms with van der Waals surface area (Å²) < 4.78 is 10.8. The number of ether oxygens (including phenoxy) is 1. The molecule has 0 radical (unpaired) electrons. The molecule has 1 aromatic heterocycles. The highest BCUT2D eigenvalue weighted by Crippen LogP contribution is 2.22. The number of methoxy groups -OCH3 is 1. The SMILES string of the molecule is COc1cccc(-c2nnc(CCC(=O)Nc3cccc(C)c3)o2)c1. The third-order valence-corrected chi connectivity index (χ3v) is 3.65. The van der Waals surface area contributed by atoms with Gasteiger partial charge in [0.2, 0.25) is 17.7 Å². The molecule has 1 heterocycles. The van der Waals surface area contributed by atoms with E-state index in [9.17, 15) is 4.79 Å². The highest BCUT2D eigenvalue weighted by molar-refractivity contribution is 5.90. The average Bonchev–Trinajstić information content (AvgIpc) is 3.09. The summed E-state index contributed by atoms with van der Waals surface area (Å²) in [6.45, 7) is 1.98. The molecule has 0 fully saturated rings. The maximum atomic E-state index is 12.0. The van der Waals surface area contributed by atoms with Crippen LogP contribution in [0, 0.1) is 6.92 Å². The van der Waals surface area contributed by atoms with Crippen LogP contribution < -0.4 is 10.1 Å². The second-order valence-corrected chi connectivity index (χ2v) is 5.65. The molecule has 6 nitrogen and oxygen atoms in total. The minimum absolute atomic E-state index is 0.0910. The minimum atomic E-state index is -0.0910. The maximum absolute atomic E-state index is 12.0. The number of rotatable bonds is 6. The molecule has 0 spiro atoms. The molecule has 25 heavy (non-hydrogen) atoms. The number of carbonyl (C=O) groups excluding carboxylic acids is 1. The number of hydrogen-bond donors (Lipinski definition) is 1. The Morgan fingerprint density at radius 2 is 2.00 bits per heavy atom. The van der Waals surface area contributed by atoms with Crippen molar-refractivity contribution in [2.75, 3.05) is 12.4 Å². The molecule has 0 aliphatic carbocycles. The summed E-state index contributed by atoms with van der Waals surface area (Å²) >= 11 is 0. The van der Waals surface area contributed by atoms with Gasteiger partial charge < -0.3 is 14.5 Å². The summed E-state index contributed by atoms with van der Waals surface area (Å²) in [5.41, 5.74) is 2.66. The first-order valence-corrected chi connectivity index (χ1v) is 7.97. The Balaban J connectivity index is 1.59. The topological polar surface area (TPSA) is 77.2 Å². The standard InChI is InChI=1S/C19H19N3O3/c1-13-5-3-7-15(11-13)20-17(23)9-10-18-21-22-19(25-18)14-6-4-8-16(12-14)24-2/h3-8,11-12H,9-10H2,1-2H3,(H,20,23). The Morgan fingerprint density at radius 1 is 1.16 bits per heavy atom. The summed E-state index contributed by atoms with van der Waals surface area (Å²) in [7, 11) is 1.60. The number of hydrogen-bond acceptors (Lipinski definition) is 5. The molecule has 0 saturated carbocycles. The van der Waals surface area contributed by atoms with E-state index in [0.29, 0.717) is 18.2 Å². The molecule has 3 aromatic rings. The molecule has 0 aliphatic rings. The van der Waals surface area contributed by atoms with Crippen molar-refractivity contribution in [1.29, 1.82) is 0 Å². The van der Waals surface area contributed by atoms with E-state index in [-0.39, 0.29) is 12.3 Å². The van der Waals surface area contributed by atoms with Crippen LogP contribution in [0.1, 0.15) is 17.9 Å². The summed E-state index contributed by atoms with van der Waals surface area (Å²) in [5.74, 6) is 1.46. The highest BCUT2D eigenvalue weighted by Gasteiger charge is 2.11. The highest BCUT2D eigenvalue weighted by atomic mass is 16.5. The number of amides is 1. The fourth-order valence-corrected chi connectivity index (χ4v) is 2.39. The summed E-state index contributed by atoms with van der Waals surface area (Å²) in [4.78, 5) is 12.0. The Hall–Kier alpha value is -3.15. The van der Waals surface area contributed by atoms with Crippen molar-refractivity contribution < 1.29 is 13.9 Å². The zero-order valence-electron chi connectivity index (χ0n) is 14.2. The third-order valence-electron chi connectivity index (χ3n) is 3.65. The lowest BCUT2D eigenvalue weighted by Gasteiger charge is -2.04. The number of nitrogens with one attached hydrogen (secondary N) is 1. The second-order valence-electron chi connectivity index (χ2n) is 5.65. The van der Waals surface area contributed by atoms with Crippen molar-refractivity contribution in [2.24, 2.45) is 0 Å². The quantitative estimate of drug-likeness (QED) is 0.743. The van der Waals surface area contributed by atoms with Crippen LogP contribution in [0.3, 0.4) is 0 Å². The number of aryl methyl sites for hydroxylation is 2. The molecule has 0 aliphatic heterocycles. The molecule has 0 saturated heterocycles. The molecule has 0 bridgehead atoms. The van der Waals surface area contributed by atoms with Crippen molar-refractivity contribution in [3.8, 4) is 17.2 Å². The summed E-state index contributed by atoms with van der Waals surface area (Å²) in [5, 5.41) is 10.9. The first kappa shape index (κ1) is 16.7. The molecule has 2 aromatic carbocycles. The molecular formula is C19H19N3O3. The normalized spacial score (nSPS) is 10.5. The molecular weight excluding hydrogens is 318 g/mol. The van der Waals surface area contributed by atoms with Crippen LogP contribution in [0.4, 0.5) is 5.69 Å². The van der Waals surface area contributed by atoms with Gasteiger partial charge in [-0.3, -0.25) is 4.79 Å². The predicted molar refractivity (Wildman–Crippen MR) is 94.4 cm³/mol. The minimum Gasteiger partial charge on any atom is -0.497 e. The van der Waals surface area contributed by atoms with E-state index in [2.05, 4.69) is 15.5 Å². The van der Waals surface area contributed by atoms with E-state index in [4.69, 9.17) is 9.15 Å². The van der Waals surface area contributed by atoms with Gasteiger partial charge in [-0.25, -0.2) is 0 Å². The number of nitrogens with zero attached hydrogens (tertiary/aromatic N) is 2. The fraction of sp³-hybridized carbons (Fsp3) is 0.211. The Bertz CT molecular complexity index is 874. The van der Waals surface area contributed by atoms with Crippen LogP contribution in [0.15, 0.2) is 52.9 Å². The predicted octanol–water partition coefficient (Wildman–Crippen LogP) is 3.62. The van der Waals surface area contributed by atoms with E-state index < -0.39 is 0 Å². The van der Waals surface area contributed by atoms with Gasteiger partial charge in [-0.15, -0.1) is 10.2 Å². The number of anilines is 1. The first-order chi connectivity index (χ1) is 12.1. The molecule has 0 unspecified atom stereocenters. The lowest BCUT2D eigenvalue weighted by molar-refractivity contribution is -0.116. The van der Waals surface area contributed by atoms with Gasteiger partial charge in [0.15, 0.2) is 0 Å². The molecule has 3 rings (SSSR count). The summed E-state index contributed by atoms with van der Waals surface area (Å²) in [6.07, 6.45) is 0.655. The van der Waals surface area contributed by atoms with Gasteiger partial charge >= 0.3 is 0 Å². The number of aromatic nitrogens is 2. The molecule has 6 heteroatoms. The number of benzene rings is 2. The van der Waals surface area contributed by atoms with Crippen molar-refractivity contribution in [2.45, 2.75) is 19.8 Å². The molecule has 1 amide bonds. The monoisotopic (exact) mass is 337 g/mol. The van der Waals surface area contributed by atoms with Crippen LogP contribution in [-0.4, -0.2) is 23.2 Å². The Kier molecular flexibility index (Phi) is 5.09. The zero-order valence-corrected chi connectivity index (χ0v) is 14.2. The zero-order chi connectivity index (χ0) is 17.6. The van der Waals surface area contributed by atoms with E-state index in [0.717, 1.165) is 22.6 Å². The van der Waals surface area contributed by atoms with E-state index >= 15 is 0 Å². The van der Waals surface area contributed by atoms with Gasteiger partial charge in [0, 0.05) is 24.1 Å². The van der Waals surface area contributed by atoms with Crippen LogP contribution in [-0.2, 0) is 11.2 Å². The van der Waals surface area contributed by atoms with E-state index in [1.54, 1.807) is 7.11 Å². The number of carbonyl (C=O) groups is 1. The van der Waals surface area contributed by atoms with Crippen LogP contribution in [0.25, 0.3) is 11.5 Å². The fourth-order valence-electron chi connectivity index (χ4n) is 2.39. The van der Waals surface area contributed by atoms with Gasteiger partial charge in [-0.1, -0.05) is 18.2 Å². The van der Waals surface area contributed by atoms with E-state index in [1.807, 2.05) is 55.5 Å². The van der Waals surface area contributed by atoms with Gasteiger partial charge in [0.1, 0.15) is 5.75 Å².